The molecule has 0 spiro atoms. The van der Waals surface area contributed by atoms with Gasteiger partial charge >= 0.3 is 11.9 Å². The quantitative estimate of drug-likeness (QED) is 0.0343. The average molecular weight is 821 g/mol. The van der Waals surface area contributed by atoms with Crippen LogP contribution < -0.4 is 26.2 Å². The second-order valence-corrected chi connectivity index (χ2v) is 17.3. The third kappa shape index (κ3) is 7.10. The van der Waals surface area contributed by atoms with E-state index in [0.29, 0.717) is 92.2 Å². The highest BCUT2D eigenvalue weighted by Gasteiger charge is 2.34. The smallest absolute Gasteiger partial charge is 0.310 e. The molecule has 5 aromatic rings. The number of methoxy groups -OCH3 is 1. The van der Waals surface area contributed by atoms with Crippen LogP contribution in [0.25, 0.3) is 49.2 Å². The van der Waals surface area contributed by atoms with Crippen LogP contribution in [0, 0.1) is 23.7 Å². The normalized spacial score (nSPS) is 20.5. The van der Waals surface area contributed by atoms with E-state index >= 15 is 4.79 Å². The Kier molecular flexibility index (Phi) is 11.9. The number of benzene rings is 5. The minimum Gasteiger partial charge on any atom is -0.504 e. The first-order chi connectivity index (χ1) is 29.0. The summed E-state index contributed by atoms with van der Waals surface area (Å²) >= 11 is 0. The molecule has 2 fully saturated rings. The van der Waals surface area contributed by atoms with Crippen LogP contribution >= 0.6 is 0 Å². The molecule has 318 valence electrons. The summed E-state index contributed by atoms with van der Waals surface area (Å²) in [7, 11) is 3.21. The number of aliphatic hydroxyl groups excluding tert-OH is 2. The van der Waals surface area contributed by atoms with Crippen LogP contribution in [0.5, 0.6) is 11.5 Å². The van der Waals surface area contributed by atoms with Crippen LogP contribution in [0.1, 0.15) is 99.5 Å². The van der Waals surface area contributed by atoms with Gasteiger partial charge in [0.1, 0.15) is 6.73 Å². The van der Waals surface area contributed by atoms with Crippen LogP contribution in [-0.2, 0) is 45.1 Å². The second-order valence-electron chi connectivity index (χ2n) is 17.3. The number of anilines is 1. The second kappa shape index (κ2) is 17.1. The Morgan fingerprint density at radius 2 is 1.40 bits per heavy atom. The number of nitrogens with one attached hydrogen (secondary N) is 2. The Hall–Kier alpha value is -5.04. The molecule has 8 rings (SSSR count). The summed E-state index contributed by atoms with van der Waals surface area (Å²) in [6.07, 6.45) is 9.91. The Labute approximate surface area is 348 Å². The number of hydrogen-bond acceptors (Lipinski definition) is 12. The van der Waals surface area contributed by atoms with Gasteiger partial charge < -0.3 is 34.8 Å². The minimum absolute atomic E-state index is 0.0735. The van der Waals surface area contributed by atoms with E-state index in [4.69, 9.17) is 14.2 Å². The van der Waals surface area contributed by atoms with E-state index in [9.17, 15) is 29.7 Å². The van der Waals surface area contributed by atoms with Crippen LogP contribution in [0.4, 0.5) is 5.69 Å². The number of ether oxygens (including phenoxy) is 3. The SMILES string of the molecule is CCOC(=O)C1CCC(CNc2cc(CO)c3c4c(CO)cc(=O)c5c(O)c(OC)c6c(c7c(c(CCC8CCC(C(=O)OCNC)CC8)c(=O)c2c37)C=C(C)C6)c54)CC1. The Bertz CT molecular complexity index is 2620. The van der Waals surface area contributed by atoms with E-state index in [2.05, 4.69) is 16.7 Å². The van der Waals surface area contributed by atoms with Gasteiger partial charge in [0.2, 0.25) is 0 Å². The summed E-state index contributed by atoms with van der Waals surface area (Å²) in [5, 5.41) is 44.5. The molecule has 12 heteroatoms. The topological polar surface area (TPSA) is 181 Å². The number of phenols is 1. The number of carbonyl (C=O) groups excluding carboxylic acids is 2. The van der Waals surface area contributed by atoms with E-state index in [0.717, 1.165) is 74.3 Å². The van der Waals surface area contributed by atoms with Crippen LogP contribution in [0.2, 0.25) is 0 Å². The number of carbonyl (C=O) groups is 2. The van der Waals surface area contributed by atoms with Crippen molar-refractivity contribution in [2.75, 3.05) is 39.4 Å². The predicted molar refractivity (Wildman–Crippen MR) is 233 cm³/mol. The van der Waals surface area contributed by atoms with Crippen molar-refractivity contribution < 1.29 is 39.1 Å². The third-order valence-electron chi connectivity index (χ3n) is 13.7. The molecule has 0 bridgehead atoms. The lowest BCUT2D eigenvalue weighted by Gasteiger charge is -2.29. The number of esters is 2. The number of aliphatic hydroxyl groups is 2. The first-order valence-corrected chi connectivity index (χ1v) is 21.6. The van der Waals surface area contributed by atoms with Crippen molar-refractivity contribution in [1.29, 1.82) is 0 Å². The fourth-order valence-corrected chi connectivity index (χ4v) is 10.8. The van der Waals surface area contributed by atoms with E-state index in [1.807, 2.05) is 19.9 Å². The number of hydrogen-bond donors (Lipinski definition) is 5. The van der Waals surface area contributed by atoms with E-state index in [1.165, 1.54) is 13.2 Å². The molecule has 3 aliphatic carbocycles. The lowest BCUT2D eigenvalue weighted by Crippen LogP contribution is -2.27. The molecule has 5 N–H and O–H groups in total. The van der Waals surface area contributed by atoms with Crippen molar-refractivity contribution in [3.8, 4) is 11.5 Å². The molecule has 0 heterocycles. The van der Waals surface area contributed by atoms with Crippen molar-refractivity contribution in [2.45, 2.75) is 97.7 Å². The number of rotatable bonds is 14. The maximum Gasteiger partial charge on any atom is 0.310 e. The summed E-state index contributed by atoms with van der Waals surface area (Å²) in [5.41, 5.74) is 3.94. The van der Waals surface area contributed by atoms with Crippen LogP contribution in [0.3, 0.4) is 0 Å². The number of phenolic OH excluding ortho intramolecular Hbond substituents is 1. The standard InChI is InChI=1S/C48H56N2O10/c1-5-59-47(56)27-13-8-26(9-14-27)20-50-34-18-29(21-51)36-37-30(22-52)19-35(53)41-43(37)39-33(46(58-4)45(41)55)17-24(2)16-32-31(44(54)40(34)42(36)38(32)39)15-10-25-6-11-28(12-7-25)48(57)60-23-49-3/h16,18-19,25-28,49-52,55H,5-15,17,20-23H2,1-4H3. The van der Waals surface area contributed by atoms with E-state index < -0.39 is 12.0 Å². The Balaban J connectivity index is 1.33. The maximum atomic E-state index is 15.5. The number of allylic oxidation sites excluding steroid dienone is 1. The van der Waals surface area contributed by atoms with Gasteiger partial charge in [0.25, 0.3) is 0 Å². The molecule has 3 aliphatic rings. The van der Waals surface area contributed by atoms with Gasteiger partial charge in [0.15, 0.2) is 22.4 Å². The minimum atomic E-state index is -0.472. The Morgan fingerprint density at radius 3 is 2.02 bits per heavy atom. The third-order valence-corrected chi connectivity index (χ3v) is 13.7. The lowest BCUT2D eigenvalue weighted by molar-refractivity contribution is -0.151. The van der Waals surface area contributed by atoms with Gasteiger partial charge in [-0.25, -0.2) is 0 Å². The molecule has 0 unspecified atom stereocenters. The molecule has 0 aromatic heterocycles. The summed E-state index contributed by atoms with van der Waals surface area (Å²) in [6.45, 7) is 4.05. The van der Waals surface area contributed by atoms with Gasteiger partial charge in [-0.1, -0.05) is 11.6 Å². The average Bonchev–Trinajstić information content (AvgIpc) is 3.40. The molecular formula is C48H56N2O10. The van der Waals surface area contributed by atoms with Crippen molar-refractivity contribution in [3.05, 3.63) is 66.0 Å². The largest absolute Gasteiger partial charge is 0.504 e. The van der Waals surface area contributed by atoms with E-state index in [1.54, 1.807) is 7.05 Å². The van der Waals surface area contributed by atoms with E-state index in [-0.39, 0.29) is 65.3 Å². The van der Waals surface area contributed by atoms with Crippen molar-refractivity contribution in [2.24, 2.45) is 23.7 Å². The highest BCUT2D eigenvalue weighted by Crippen LogP contribution is 2.53. The molecule has 12 nitrogen and oxygen atoms in total. The van der Waals surface area contributed by atoms with Gasteiger partial charge in [-0.15, -0.1) is 0 Å². The maximum absolute atomic E-state index is 15.5. The summed E-state index contributed by atoms with van der Waals surface area (Å²) in [6, 6.07) is 3.17. The number of aromatic hydroxyl groups is 1. The van der Waals surface area contributed by atoms with Gasteiger partial charge in [-0.3, -0.25) is 24.5 Å². The fraction of sp³-hybridized carbons (Fsp3) is 0.500. The molecule has 0 saturated heterocycles. The van der Waals surface area contributed by atoms with Gasteiger partial charge in [-0.2, -0.15) is 0 Å². The first-order valence-electron chi connectivity index (χ1n) is 21.6. The van der Waals surface area contributed by atoms with Crippen molar-refractivity contribution >= 4 is 66.8 Å². The zero-order valence-corrected chi connectivity index (χ0v) is 35.1. The molecule has 0 atom stereocenters. The molecule has 60 heavy (non-hydrogen) atoms. The molecule has 0 amide bonds. The molecule has 0 aliphatic heterocycles. The van der Waals surface area contributed by atoms with Gasteiger partial charge in [0, 0.05) is 34.1 Å². The summed E-state index contributed by atoms with van der Waals surface area (Å²) in [4.78, 5) is 54.6. The number of fused-ring (bicyclic) bond motifs is 1. The van der Waals surface area contributed by atoms with Gasteiger partial charge in [-0.05, 0) is 154 Å². The summed E-state index contributed by atoms with van der Waals surface area (Å²) < 4.78 is 16.6. The summed E-state index contributed by atoms with van der Waals surface area (Å²) in [5.74, 6) is -0.115. The highest BCUT2D eigenvalue weighted by atomic mass is 16.5. The molecular weight excluding hydrogens is 765 g/mol. The zero-order valence-electron chi connectivity index (χ0n) is 35.1. The molecule has 0 radical (unpaired) electrons. The monoisotopic (exact) mass is 820 g/mol. The van der Waals surface area contributed by atoms with Crippen LogP contribution in [0.15, 0.2) is 27.3 Å². The van der Waals surface area contributed by atoms with Gasteiger partial charge in [0.05, 0.1) is 49.5 Å². The zero-order chi connectivity index (χ0) is 42.4. The highest BCUT2D eigenvalue weighted by molar-refractivity contribution is 6.38. The predicted octanol–water partition coefficient (Wildman–Crippen LogP) is 6.79. The molecule has 5 aromatic carbocycles. The van der Waals surface area contributed by atoms with Crippen LogP contribution in [-0.4, -0.2) is 61.3 Å². The lowest BCUT2D eigenvalue weighted by atomic mass is 9.78. The Morgan fingerprint density at radius 1 is 0.783 bits per heavy atom. The van der Waals surface area contributed by atoms with Crippen molar-refractivity contribution in [3.63, 3.8) is 0 Å². The molecule has 2 saturated carbocycles. The fourth-order valence-electron chi connectivity index (χ4n) is 10.8. The van der Waals surface area contributed by atoms with Crippen molar-refractivity contribution in [1.82, 2.24) is 5.32 Å². The first kappa shape index (κ1) is 41.7.